The van der Waals surface area contributed by atoms with Gasteiger partial charge in [-0.25, -0.2) is 13.4 Å². The van der Waals surface area contributed by atoms with E-state index in [4.69, 9.17) is 4.42 Å². The van der Waals surface area contributed by atoms with Crippen molar-refractivity contribution in [2.24, 2.45) is 0 Å². The topological polar surface area (TPSA) is 105 Å². The van der Waals surface area contributed by atoms with Gasteiger partial charge in [-0.1, -0.05) is 30.3 Å². The predicted octanol–water partition coefficient (Wildman–Crippen LogP) is 3.06. The van der Waals surface area contributed by atoms with Gasteiger partial charge in [0.25, 0.3) is 5.91 Å². The summed E-state index contributed by atoms with van der Waals surface area (Å²) in [6, 6.07) is 17.1. The fourth-order valence-corrected chi connectivity index (χ4v) is 4.27. The maximum absolute atomic E-state index is 12.6. The lowest BCUT2D eigenvalue weighted by atomic mass is 10.2. The van der Waals surface area contributed by atoms with Gasteiger partial charge in [0.2, 0.25) is 0 Å². The standard InChI is InChI=1S/C20H17N3O4S/c24-20(21-12-18-22-16-8-4-5-9-17(16)23-18)19-14(10-11-27-19)13-28(25,26)15-6-2-1-3-7-15/h1-11H,12-13H2,(H,21,24)(H,22,23). The molecule has 2 N–H and O–H groups in total. The molecule has 0 radical (unpaired) electrons. The molecule has 0 aliphatic heterocycles. The summed E-state index contributed by atoms with van der Waals surface area (Å²) in [6.45, 7) is 0.166. The molecule has 2 aromatic heterocycles. The Hall–Kier alpha value is -3.39. The number of fused-ring (bicyclic) bond motifs is 1. The molecule has 0 aliphatic rings. The summed E-state index contributed by atoms with van der Waals surface area (Å²) < 4.78 is 30.4. The normalized spacial score (nSPS) is 11.6. The molecule has 0 bridgehead atoms. The maximum atomic E-state index is 12.6. The van der Waals surface area contributed by atoms with Gasteiger partial charge in [-0.2, -0.15) is 0 Å². The number of nitrogens with zero attached hydrogens (tertiary/aromatic N) is 1. The number of carbonyl (C=O) groups is 1. The molecule has 0 unspecified atom stereocenters. The van der Waals surface area contributed by atoms with Gasteiger partial charge in [0.15, 0.2) is 15.6 Å². The molecule has 2 heterocycles. The number of furan rings is 1. The molecule has 0 aliphatic carbocycles. The minimum atomic E-state index is -3.58. The zero-order valence-corrected chi connectivity index (χ0v) is 15.6. The predicted molar refractivity (Wildman–Crippen MR) is 103 cm³/mol. The van der Waals surface area contributed by atoms with E-state index in [2.05, 4.69) is 15.3 Å². The lowest BCUT2D eigenvalue weighted by Crippen LogP contribution is -2.24. The van der Waals surface area contributed by atoms with Crippen LogP contribution in [0.1, 0.15) is 21.9 Å². The number of nitrogens with one attached hydrogen (secondary N) is 2. The molecule has 0 saturated heterocycles. The third-order valence-corrected chi connectivity index (χ3v) is 5.94. The molecule has 28 heavy (non-hydrogen) atoms. The van der Waals surface area contributed by atoms with Crippen molar-refractivity contribution in [2.75, 3.05) is 0 Å². The Labute approximate surface area is 161 Å². The molecule has 0 atom stereocenters. The fraction of sp³-hybridized carbons (Fsp3) is 0.100. The van der Waals surface area contributed by atoms with Crippen molar-refractivity contribution >= 4 is 26.8 Å². The number of carbonyl (C=O) groups excluding carboxylic acids is 1. The van der Waals surface area contributed by atoms with E-state index in [-0.39, 0.29) is 23.0 Å². The molecule has 1 amide bonds. The number of hydrogen-bond donors (Lipinski definition) is 2. The number of amides is 1. The Morgan fingerprint density at radius 1 is 1.04 bits per heavy atom. The van der Waals surface area contributed by atoms with Gasteiger partial charge >= 0.3 is 0 Å². The average molecular weight is 395 g/mol. The van der Waals surface area contributed by atoms with Gasteiger partial charge in [0, 0.05) is 5.56 Å². The average Bonchev–Trinajstić information content (AvgIpc) is 3.33. The van der Waals surface area contributed by atoms with Gasteiger partial charge in [-0.15, -0.1) is 0 Å². The van der Waals surface area contributed by atoms with Crippen LogP contribution < -0.4 is 5.32 Å². The molecule has 4 aromatic rings. The number of imidazole rings is 1. The largest absolute Gasteiger partial charge is 0.459 e. The fourth-order valence-electron chi connectivity index (χ4n) is 2.90. The highest BCUT2D eigenvalue weighted by atomic mass is 32.2. The Balaban J connectivity index is 1.48. The quantitative estimate of drug-likeness (QED) is 0.522. The Morgan fingerprint density at radius 2 is 1.79 bits per heavy atom. The van der Waals surface area contributed by atoms with Crippen LogP contribution in [-0.4, -0.2) is 24.3 Å². The number of sulfone groups is 1. The van der Waals surface area contributed by atoms with E-state index in [1.807, 2.05) is 24.3 Å². The molecule has 4 rings (SSSR count). The summed E-state index contributed by atoms with van der Waals surface area (Å²) in [7, 11) is -3.58. The molecule has 0 saturated carbocycles. The van der Waals surface area contributed by atoms with E-state index in [1.165, 1.54) is 24.5 Å². The Morgan fingerprint density at radius 3 is 2.57 bits per heavy atom. The van der Waals surface area contributed by atoms with Crippen molar-refractivity contribution < 1.29 is 17.6 Å². The minimum absolute atomic E-state index is 0.0179. The first-order valence-electron chi connectivity index (χ1n) is 8.59. The van der Waals surface area contributed by atoms with E-state index in [1.54, 1.807) is 18.2 Å². The first-order valence-corrected chi connectivity index (χ1v) is 10.2. The van der Waals surface area contributed by atoms with Crippen LogP contribution in [0.5, 0.6) is 0 Å². The maximum Gasteiger partial charge on any atom is 0.287 e. The van der Waals surface area contributed by atoms with Crippen LogP contribution in [-0.2, 0) is 22.1 Å². The van der Waals surface area contributed by atoms with Crippen LogP contribution in [0.15, 0.2) is 76.2 Å². The number of rotatable bonds is 6. The summed E-state index contributed by atoms with van der Waals surface area (Å²) in [5.41, 5.74) is 1.99. The SMILES string of the molecule is O=C(NCc1nc2ccccc2[nH]1)c1occc1CS(=O)(=O)c1ccccc1. The summed E-state index contributed by atoms with van der Waals surface area (Å²) in [6.07, 6.45) is 1.31. The number of para-hydroxylation sites is 2. The van der Waals surface area contributed by atoms with Crippen molar-refractivity contribution in [1.82, 2.24) is 15.3 Å². The van der Waals surface area contributed by atoms with E-state index in [9.17, 15) is 13.2 Å². The van der Waals surface area contributed by atoms with Crippen LogP contribution in [0.4, 0.5) is 0 Å². The van der Waals surface area contributed by atoms with Gasteiger partial charge in [-0.3, -0.25) is 4.79 Å². The van der Waals surface area contributed by atoms with Crippen LogP contribution >= 0.6 is 0 Å². The number of benzene rings is 2. The molecule has 2 aromatic carbocycles. The van der Waals surface area contributed by atoms with E-state index in [0.29, 0.717) is 11.4 Å². The van der Waals surface area contributed by atoms with Crippen molar-refractivity contribution in [3.63, 3.8) is 0 Å². The van der Waals surface area contributed by atoms with Crippen molar-refractivity contribution in [2.45, 2.75) is 17.2 Å². The first-order chi connectivity index (χ1) is 13.5. The van der Waals surface area contributed by atoms with Crippen LogP contribution in [0.2, 0.25) is 0 Å². The third-order valence-electron chi connectivity index (χ3n) is 4.26. The highest BCUT2D eigenvalue weighted by Crippen LogP contribution is 2.20. The number of hydrogen-bond acceptors (Lipinski definition) is 5. The number of aromatic amines is 1. The Bertz CT molecular complexity index is 1190. The minimum Gasteiger partial charge on any atom is -0.459 e. The molecule has 0 fully saturated rings. The number of H-pyrrole nitrogens is 1. The lowest BCUT2D eigenvalue weighted by Gasteiger charge is -2.06. The smallest absolute Gasteiger partial charge is 0.287 e. The highest BCUT2D eigenvalue weighted by Gasteiger charge is 2.22. The number of aromatic nitrogens is 2. The molecule has 7 nitrogen and oxygen atoms in total. The molecule has 142 valence electrons. The summed E-state index contributed by atoms with van der Waals surface area (Å²) >= 11 is 0. The third kappa shape index (κ3) is 3.67. The molecule has 8 heteroatoms. The van der Waals surface area contributed by atoms with E-state index in [0.717, 1.165) is 11.0 Å². The van der Waals surface area contributed by atoms with Crippen molar-refractivity contribution in [3.05, 3.63) is 84.1 Å². The van der Waals surface area contributed by atoms with Crippen molar-refractivity contribution in [1.29, 1.82) is 0 Å². The second-order valence-corrected chi connectivity index (χ2v) is 8.22. The zero-order chi connectivity index (χ0) is 19.6. The van der Waals surface area contributed by atoms with Gasteiger partial charge in [0.1, 0.15) is 5.82 Å². The first kappa shape index (κ1) is 18.0. The van der Waals surface area contributed by atoms with Crippen LogP contribution in [0.3, 0.4) is 0 Å². The van der Waals surface area contributed by atoms with Crippen molar-refractivity contribution in [3.8, 4) is 0 Å². The second kappa shape index (κ2) is 7.32. The second-order valence-electron chi connectivity index (χ2n) is 6.23. The Kier molecular flexibility index (Phi) is 4.70. The zero-order valence-electron chi connectivity index (χ0n) is 14.8. The summed E-state index contributed by atoms with van der Waals surface area (Å²) in [4.78, 5) is 20.2. The van der Waals surface area contributed by atoms with Crippen LogP contribution in [0.25, 0.3) is 11.0 Å². The van der Waals surface area contributed by atoms with Gasteiger partial charge < -0.3 is 14.7 Å². The van der Waals surface area contributed by atoms with Gasteiger partial charge in [-0.05, 0) is 30.3 Å². The lowest BCUT2D eigenvalue weighted by molar-refractivity contribution is 0.0921. The molecule has 0 spiro atoms. The molecular weight excluding hydrogens is 378 g/mol. The monoisotopic (exact) mass is 395 g/mol. The van der Waals surface area contributed by atoms with Gasteiger partial charge in [0.05, 0.1) is 34.5 Å². The van der Waals surface area contributed by atoms with Crippen LogP contribution in [0, 0.1) is 0 Å². The summed E-state index contributed by atoms with van der Waals surface area (Å²) in [5.74, 6) is -0.236. The summed E-state index contributed by atoms with van der Waals surface area (Å²) in [5, 5.41) is 2.71. The van der Waals surface area contributed by atoms with E-state index < -0.39 is 15.7 Å². The van der Waals surface area contributed by atoms with E-state index >= 15 is 0 Å². The molecular formula is C20H17N3O4S. The highest BCUT2D eigenvalue weighted by molar-refractivity contribution is 7.90.